The third-order valence-corrected chi connectivity index (χ3v) is 5.21. The van der Waals surface area contributed by atoms with E-state index in [2.05, 4.69) is 4.98 Å². The summed E-state index contributed by atoms with van der Waals surface area (Å²) in [6.07, 6.45) is 2.06. The van der Waals surface area contributed by atoms with Gasteiger partial charge in [0.2, 0.25) is 11.8 Å². The summed E-state index contributed by atoms with van der Waals surface area (Å²) in [5.74, 6) is -0.445. The second kappa shape index (κ2) is 7.34. The lowest BCUT2D eigenvalue weighted by Crippen LogP contribution is -2.54. The Balaban J connectivity index is 1.40. The molecule has 140 valence electrons. The molecular weight excluding hydrogens is 344 g/mol. The van der Waals surface area contributed by atoms with Crippen LogP contribution in [-0.4, -0.2) is 76.7 Å². The molecule has 1 aromatic carbocycles. The van der Waals surface area contributed by atoms with Crippen molar-refractivity contribution in [2.75, 3.05) is 39.3 Å². The molecule has 0 bridgehead atoms. The first-order valence-corrected chi connectivity index (χ1v) is 9.32. The molecular formula is C20H22N4O3. The van der Waals surface area contributed by atoms with Gasteiger partial charge in [0.05, 0.1) is 12.1 Å². The van der Waals surface area contributed by atoms with E-state index in [0.717, 1.165) is 36.8 Å². The van der Waals surface area contributed by atoms with E-state index in [0.29, 0.717) is 18.8 Å². The summed E-state index contributed by atoms with van der Waals surface area (Å²) in [6, 6.07) is 11.2. The van der Waals surface area contributed by atoms with Crippen LogP contribution in [0.5, 0.6) is 0 Å². The minimum atomic E-state index is -0.250. The fourth-order valence-electron chi connectivity index (χ4n) is 3.63. The molecule has 2 aromatic rings. The number of carbonyl (C=O) groups is 3. The van der Waals surface area contributed by atoms with Crippen LogP contribution in [0.1, 0.15) is 23.3 Å². The number of piperazine rings is 1. The summed E-state index contributed by atoms with van der Waals surface area (Å²) in [5.41, 5.74) is 1.09. The van der Waals surface area contributed by atoms with Gasteiger partial charge in [0.25, 0.3) is 5.91 Å². The smallest absolute Gasteiger partial charge is 0.273 e. The molecule has 7 heteroatoms. The van der Waals surface area contributed by atoms with E-state index in [1.54, 1.807) is 11.0 Å². The lowest BCUT2D eigenvalue weighted by atomic mass is 10.2. The minimum absolute atomic E-state index is 0.00294. The number of nitrogens with zero attached hydrogens (tertiary/aromatic N) is 4. The maximum atomic E-state index is 12.7. The first-order valence-electron chi connectivity index (χ1n) is 9.32. The van der Waals surface area contributed by atoms with Crippen molar-refractivity contribution in [2.24, 2.45) is 0 Å². The Bertz CT molecular complexity index is 892. The number of benzene rings is 1. The Kier molecular flexibility index (Phi) is 4.75. The average molecular weight is 366 g/mol. The van der Waals surface area contributed by atoms with Crippen molar-refractivity contribution in [1.29, 1.82) is 0 Å². The molecule has 0 N–H and O–H groups in total. The van der Waals surface area contributed by atoms with Crippen LogP contribution in [0.4, 0.5) is 0 Å². The lowest BCUT2D eigenvalue weighted by Gasteiger charge is -2.34. The minimum Gasteiger partial charge on any atom is -0.341 e. The number of para-hydroxylation sites is 1. The highest BCUT2D eigenvalue weighted by Crippen LogP contribution is 2.15. The van der Waals surface area contributed by atoms with Crippen LogP contribution in [-0.2, 0) is 9.59 Å². The van der Waals surface area contributed by atoms with Crippen molar-refractivity contribution in [2.45, 2.75) is 12.8 Å². The van der Waals surface area contributed by atoms with Gasteiger partial charge in [0.15, 0.2) is 0 Å². The van der Waals surface area contributed by atoms with Gasteiger partial charge in [-0.25, -0.2) is 4.98 Å². The van der Waals surface area contributed by atoms with E-state index in [4.69, 9.17) is 0 Å². The zero-order valence-electron chi connectivity index (χ0n) is 15.1. The van der Waals surface area contributed by atoms with Gasteiger partial charge in [-0.3, -0.25) is 14.4 Å². The Hall–Kier alpha value is -2.96. The molecule has 0 radical (unpaired) electrons. The molecule has 3 amide bonds. The average Bonchev–Trinajstić information content (AvgIpc) is 3.23. The van der Waals surface area contributed by atoms with Gasteiger partial charge < -0.3 is 14.7 Å². The van der Waals surface area contributed by atoms with Crippen molar-refractivity contribution in [3.8, 4) is 0 Å². The topological polar surface area (TPSA) is 73.8 Å². The maximum absolute atomic E-state index is 12.7. The molecule has 2 fully saturated rings. The van der Waals surface area contributed by atoms with Gasteiger partial charge in [-0.15, -0.1) is 0 Å². The molecule has 0 unspecified atom stereocenters. The number of aromatic nitrogens is 1. The van der Waals surface area contributed by atoms with Gasteiger partial charge >= 0.3 is 0 Å². The fraction of sp³-hybridized carbons (Fsp3) is 0.400. The van der Waals surface area contributed by atoms with Crippen molar-refractivity contribution in [3.05, 3.63) is 42.1 Å². The second-order valence-electron chi connectivity index (χ2n) is 7.02. The number of hydrogen-bond acceptors (Lipinski definition) is 4. The molecule has 7 nitrogen and oxygen atoms in total. The number of amides is 3. The highest BCUT2D eigenvalue weighted by atomic mass is 16.2. The van der Waals surface area contributed by atoms with E-state index < -0.39 is 0 Å². The van der Waals surface area contributed by atoms with E-state index >= 15 is 0 Å². The predicted molar refractivity (Wildman–Crippen MR) is 100 cm³/mol. The molecule has 0 saturated carbocycles. The van der Waals surface area contributed by atoms with Crippen LogP contribution in [0.15, 0.2) is 36.4 Å². The van der Waals surface area contributed by atoms with Gasteiger partial charge in [-0.2, -0.15) is 0 Å². The number of fused-ring (bicyclic) bond motifs is 1. The number of carbonyl (C=O) groups excluding carboxylic acids is 3. The standard InChI is InChI=1S/C20H22N4O3/c25-18(22-9-3-4-10-22)13-23-11-12-24(14-19(23)26)20(27)17-8-7-15-5-1-2-6-16(15)21-17/h1-2,5-8H,3-4,9-14H2. The van der Waals surface area contributed by atoms with Crippen LogP contribution in [0.25, 0.3) is 10.9 Å². The second-order valence-corrected chi connectivity index (χ2v) is 7.02. The summed E-state index contributed by atoms with van der Waals surface area (Å²) in [7, 11) is 0. The SMILES string of the molecule is O=C(CN1CCN(C(=O)c2ccc3ccccc3n2)CC1=O)N1CCCC1. The molecule has 2 aliphatic rings. The number of hydrogen-bond donors (Lipinski definition) is 0. The van der Waals surface area contributed by atoms with E-state index in [1.165, 1.54) is 4.90 Å². The Morgan fingerprint density at radius 1 is 0.926 bits per heavy atom. The summed E-state index contributed by atoms with van der Waals surface area (Å²) >= 11 is 0. The first kappa shape index (κ1) is 17.5. The molecule has 27 heavy (non-hydrogen) atoms. The third kappa shape index (κ3) is 3.63. The normalized spacial score (nSPS) is 17.6. The summed E-state index contributed by atoms with van der Waals surface area (Å²) < 4.78 is 0. The van der Waals surface area contributed by atoms with Crippen molar-refractivity contribution in [3.63, 3.8) is 0 Å². The van der Waals surface area contributed by atoms with Gasteiger partial charge in [0.1, 0.15) is 12.2 Å². The summed E-state index contributed by atoms with van der Waals surface area (Å²) in [4.78, 5) is 46.7. The summed E-state index contributed by atoms with van der Waals surface area (Å²) in [6.45, 7) is 2.43. The Morgan fingerprint density at radius 2 is 1.70 bits per heavy atom. The molecule has 1 aromatic heterocycles. The summed E-state index contributed by atoms with van der Waals surface area (Å²) in [5, 5.41) is 0.968. The molecule has 0 spiro atoms. The number of likely N-dealkylation sites (tertiary alicyclic amines) is 1. The van der Waals surface area contributed by atoms with E-state index in [9.17, 15) is 14.4 Å². The van der Waals surface area contributed by atoms with E-state index in [1.807, 2.05) is 35.2 Å². The molecule has 2 aliphatic heterocycles. The molecule has 0 atom stereocenters. The third-order valence-electron chi connectivity index (χ3n) is 5.21. The van der Waals surface area contributed by atoms with Crippen molar-refractivity contribution in [1.82, 2.24) is 19.7 Å². The first-order chi connectivity index (χ1) is 13.1. The number of rotatable bonds is 3. The Morgan fingerprint density at radius 3 is 2.48 bits per heavy atom. The van der Waals surface area contributed by atoms with Gasteiger partial charge in [0, 0.05) is 31.6 Å². The molecule has 0 aliphatic carbocycles. The van der Waals surface area contributed by atoms with Crippen LogP contribution < -0.4 is 0 Å². The zero-order valence-corrected chi connectivity index (χ0v) is 15.1. The molecule has 4 rings (SSSR count). The predicted octanol–water partition coefficient (Wildman–Crippen LogP) is 1.14. The molecule has 2 saturated heterocycles. The Labute approximate surface area is 157 Å². The quantitative estimate of drug-likeness (QED) is 0.817. The van der Waals surface area contributed by atoms with Crippen molar-refractivity contribution >= 4 is 28.6 Å². The highest BCUT2D eigenvalue weighted by molar-refractivity contribution is 5.97. The molecule has 3 heterocycles. The van der Waals surface area contributed by atoms with Gasteiger partial charge in [-0.05, 0) is 25.0 Å². The van der Waals surface area contributed by atoms with Gasteiger partial charge in [-0.1, -0.05) is 24.3 Å². The van der Waals surface area contributed by atoms with Crippen LogP contribution in [0.2, 0.25) is 0 Å². The maximum Gasteiger partial charge on any atom is 0.273 e. The number of pyridine rings is 1. The lowest BCUT2D eigenvalue weighted by molar-refractivity contribution is -0.142. The zero-order chi connectivity index (χ0) is 18.8. The van der Waals surface area contributed by atoms with E-state index in [-0.39, 0.29) is 30.8 Å². The monoisotopic (exact) mass is 366 g/mol. The largest absolute Gasteiger partial charge is 0.341 e. The van der Waals surface area contributed by atoms with Crippen LogP contribution >= 0.6 is 0 Å². The van der Waals surface area contributed by atoms with Crippen LogP contribution in [0.3, 0.4) is 0 Å². The van der Waals surface area contributed by atoms with Crippen LogP contribution in [0, 0.1) is 0 Å². The fourth-order valence-corrected chi connectivity index (χ4v) is 3.63. The highest BCUT2D eigenvalue weighted by Gasteiger charge is 2.30. The van der Waals surface area contributed by atoms with Crippen molar-refractivity contribution < 1.29 is 14.4 Å².